The lowest BCUT2D eigenvalue weighted by Gasteiger charge is -2.18. The standard InChI is InChI=1S/C15H20BrN3O/c1-18(11-15-17-8-10-19(15)2)9-7-14(20)12-3-5-13(16)6-4-12/h3-6,8,10,14,20H,7,9,11H2,1-2H3. The van der Waals surface area contributed by atoms with Crippen LogP contribution in [0.5, 0.6) is 0 Å². The second-order valence-electron chi connectivity index (χ2n) is 5.05. The minimum Gasteiger partial charge on any atom is -0.388 e. The number of aliphatic hydroxyl groups excluding tert-OH is 1. The van der Waals surface area contributed by atoms with Gasteiger partial charge in [-0.2, -0.15) is 0 Å². The molecule has 0 saturated carbocycles. The number of halogens is 1. The van der Waals surface area contributed by atoms with E-state index in [1.54, 1.807) is 6.20 Å². The van der Waals surface area contributed by atoms with Gasteiger partial charge in [-0.15, -0.1) is 0 Å². The summed E-state index contributed by atoms with van der Waals surface area (Å²) in [5.74, 6) is 1.03. The fraction of sp³-hybridized carbons (Fsp3) is 0.400. The lowest BCUT2D eigenvalue weighted by Crippen LogP contribution is -2.22. The van der Waals surface area contributed by atoms with Gasteiger partial charge >= 0.3 is 0 Å². The molecule has 1 aromatic heterocycles. The molecule has 1 unspecified atom stereocenters. The molecule has 1 heterocycles. The Morgan fingerprint density at radius 3 is 2.65 bits per heavy atom. The first kappa shape index (κ1) is 15.2. The van der Waals surface area contributed by atoms with Crippen LogP contribution in [0.4, 0.5) is 0 Å². The van der Waals surface area contributed by atoms with E-state index in [0.717, 1.165) is 29.0 Å². The van der Waals surface area contributed by atoms with E-state index in [2.05, 4.69) is 25.8 Å². The Bertz CT molecular complexity index is 538. The fourth-order valence-corrected chi connectivity index (χ4v) is 2.33. The van der Waals surface area contributed by atoms with Crippen molar-refractivity contribution in [2.24, 2.45) is 7.05 Å². The van der Waals surface area contributed by atoms with Crippen molar-refractivity contribution in [3.05, 3.63) is 52.5 Å². The maximum atomic E-state index is 10.2. The molecule has 2 aromatic rings. The summed E-state index contributed by atoms with van der Waals surface area (Å²) in [6.07, 6.45) is 4.04. The Kier molecular flexibility index (Phi) is 5.34. The zero-order valence-electron chi connectivity index (χ0n) is 11.8. The molecule has 1 atom stereocenters. The number of rotatable bonds is 6. The summed E-state index contributed by atoms with van der Waals surface area (Å²) in [4.78, 5) is 6.48. The first-order chi connectivity index (χ1) is 9.56. The number of benzene rings is 1. The van der Waals surface area contributed by atoms with E-state index >= 15 is 0 Å². The number of aryl methyl sites for hydroxylation is 1. The summed E-state index contributed by atoms with van der Waals surface area (Å²) in [6, 6.07) is 7.81. The maximum Gasteiger partial charge on any atom is 0.122 e. The van der Waals surface area contributed by atoms with Gasteiger partial charge in [-0.25, -0.2) is 4.98 Å². The van der Waals surface area contributed by atoms with E-state index < -0.39 is 6.10 Å². The number of nitrogens with zero attached hydrogens (tertiary/aromatic N) is 3. The van der Waals surface area contributed by atoms with Crippen LogP contribution < -0.4 is 0 Å². The summed E-state index contributed by atoms with van der Waals surface area (Å²) in [5.41, 5.74) is 0.957. The second-order valence-corrected chi connectivity index (χ2v) is 5.96. The summed E-state index contributed by atoms with van der Waals surface area (Å²) >= 11 is 3.40. The SMILES string of the molecule is CN(CCC(O)c1ccc(Br)cc1)Cc1nccn1C. The number of hydrogen-bond donors (Lipinski definition) is 1. The molecule has 0 radical (unpaired) electrons. The van der Waals surface area contributed by atoms with Crippen LogP contribution >= 0.6 is 15.9 Å². The Hall–Kier alpha value is -1.17. The van der Waals surface area contributed by atoms with Crippen molar-refractivity contribution in [1.29, 1.82) is 0 Å². The van der Waals surface area contributed by atoms with Crippen molar-refractivity contribution in [3.63, 3.8) is 0 Å². The minimum absolute atomic E-state index is 0.424. The van der Waals surface area contributed by atoms with E-state index in [9.17, 15) is 5.11 Å². The van der Waals surface area contributed by atoms with Crippen LogP contribution in [-0.2, 0) is 13.6 Å². The van der Waals surface area contributed by atoms with Crippen LogP contribution in [-0.4, -0.2) is 33.1 Å². The monoisotopic (exact) mass is 337 g/mol. The first-order valence-electron chi connectivity index (χ1n) is 6.64. The molecular formula is C15H20BrN3O. The Morgan fingerprint density at radius 1 is 1.35 bits per heavy atom. The molecule has 0 amide bonds. The Balaban J connectivity index is 1.82. The van der Waals surface area contributed by atoms with Crippen molar-refractivity contribution in [1.82, 2.24) is 14.5 Å². The number of aromatic nitrogens is 2. The van der Waals surface area contributed by atoms with E-state index in [1.807, 2.05) is 49.1 Å². The topological polar surface area (TPSA) is 41.3 Å². The minimum atomic E-state index is -0.424. The number of aliphatic hydroxyl groups is 1. The third-order valence-corrected chi connectivity index (χ3v) is 3.90. The summed E-state index contributed by atoms with van der Waals surface area (Å²) < 4.78 is 3.04. The van der Waals surface area contributed by atoms with Gasteiger partial charge in [-0.05, 0) is 31.2 Å². The van der Waals surface area contributed by atoms with E-state index in [0.29, 0.717) is 6.42 Å². The highest BCUT2D eigenvalue weighted by Gasteiger charge is 2.10. The zero-order chi connectivity index (χ0) is 14.5. The molecule has 20 heavy (non-hydrogen) atoms. The lowest BCUT2D eigenvalue weighted by atomic mass is 10.1. The number of hydrogen-bond acceptors (Lipinski definition) is 3. The van der Waals surface area contributed by atoms with Crippen molar-refractivity contribution in [2.75, 3.05) is 13.6 Å². The van der Waals surface area contributed by atoms with Crippen molar-refractivity contribution in [2.45, 2.75) is 19.1 Å². The van der Waals surface area contributed by atoms with Crippen LogP contribution in [0, 0.1) is 0 Å². The highest BCUT2D eigenvalue weighted by Crippen LogP contribution is 2.19. The molecule has 1 N–H and O–H groups in total. The second kappa shape index (κ2) is 7.02. The largest absolute Gasteiger partial charge is 0.388 e. The molecule has 0 spiro atoms. The van der Waals surface area contributed by atoms with Crippen molar-refractivity contribution < 1.29 is 5.11 Å². The van der Waals surface area contributed by atoms with Gasteiger partial charge in [0.15, 0.2) is 0 Å². The predicted octanol–water partition coefficient (Wildman–Crippen LogP) is 2.74. The van der Waals surface area contributed by atoms with Gasteiger partial charge in [0, 0.05) is 30.5 Å². The molecule has 0 aliphatic rings. The molecule has 108 valence electrons. The van der Waals surface area contributed by atoms with E-state index in [4.69, 9.17) is 0 Å². The highest BCUT2D eigenvalue weighted by atomic mass is 79.9. The molecule has 0 aliphatic carbocycles. The highest BCUT2D eigenvalue weighted by molar-refractivity contribution is 9.10. The summed E-state index contributed by atoms with van der Waals surface area (Å²) in [6.45, 7) is 1.61. The quantitative estimate of drug-likeness (QED) is 0.881. The molecular weight excluding hydrogens is 318 g/mol. The van der Waals surface area contributed by atoms with Crippen LogP contribution in [0.2, 0.25) is 0 Å². The van der Waals surface area contributed by atoms with Gasteiger partial charge in [-0.3, -0.25) is 4.90 Å². The Morgan fingerprint density at radius 2 is 2.05 bits per heavy atom. The van der Waals surface area contributed by atoms with E-state index in [1.165, 1.54) is 0 Å². The van der Waals surface area contributed by atoms with Crippen LogP contribution in [0.3, 0.4) is 0 Å². The van der Waals surface area contributed by atoms with Crippen LogP contribution in [0.1, 0.15) is 23.9 Å². The van der Waals surface area contributed by atoms with Crippen molar-refractivity contribution >= 4 is 15.9 Å². The molecule has 0 fully saturated rings. The Labute approximate surface area is 128 Å². The molecule has 0 bridgehead atoms. The molecule has 2 rings (SSSR count). The zero-order valence-corrected chi connectivity index (χ0v) is 13.4. The summed E-state index contributed by atoms with van der Waals surface area (Å²) in [5, 5.41) is 10.2. The average molecular weight is 338 g/mol. The van der Waals surface area contributed by atoms with Crippen LogP contribution in [0.15, 0.2) is 41.1 Å². The lowest BCUT2D eigenvalue weighted by molar-refractivity contribution is 0.147. The van der Waals surface area contributed by atoms with Gasteiger partial charge in [-0.1, -0.05) is 28.1 Å². The third-order valence-electron chi connectivity index (χ3n) is 3.37. The molecule has 1 aromatic carbocycles. The predicted molar refractivity (Wildman–Crippen MR) is 83.3 cm³/mol. The van der Waals surface area contributed by atoms with Gasteiger partial charge in [0.2, 0.25) is 0 Å². The van der Waals surface area contributed by atoms with Gasteiger partial charge in [0.25, 0.3) is 0 Å². The first-order valence-corrected chi connectivity index (χ1v) is 7.44. The maximum absolute atomic E-state index is 10.2. The smallest absolute Gasteiger partial charge is 0.122 e. The molecule has 0 aliphatic heterocycles. The van der Waals surface area contributed by atoms with Gasteiger partial charge in [0.1, 0.15) is 5.82 Å². The number of imidazole rings is 1. The van der Waals surface area contributed by atoms with Gasteiger partial charge < -0.3 is 9.67 Å². The van der Waals surface area contributed by atoms with Gasteiger partial charge in [0.05, 0.1) is 12.6 Å². The average Bonchev–Trinajstić information content (AvgIpc) is 2.82. The normalized spacial score (nSPS) is 12.8. The van der Waals surface area contributed by atoms with Crippen molar-refractivity contribution in [3.8, 4) is 0 Å². The van der Waals surface area contributed by atoms with Crippen LogP contribution in [0.25, 0.3) is 0 Å². The fourth-order valence-electron chi connectivity index (χ4n) is 2.06. The van der Waals surface area contributed by atoms with E-state index in [-0.39, 0.29) is 0 Å². The third kappa shape index (κ3) is 4.16. The molecule has 4 nitrogen and oxygen atoms in total. The molecule has 5 heteroatoms. The summed E-state index contributed by atoms with van der Waals surface area (Å²) in [7, 11) is 4.04. The molecule has 0 saturated heterocycles.